The molecule has 1 aromatic rings. The second kappa shape index (κ2) is 6.65. The van der Waals surface area contributed by atoms with Gasteiger partial charge in [0.05, 0.1) is 6.61 Å². The quantitative estimate of drug-likeness (QED) is 0.844. The third-order valence-corrected chi connectivity index (χ3v) is 3.41. The van der Waals surface area contributed by atoms with Crippen LogP contribution in [0, 0.1) is 5.92 Å². The summed E-state index contributed by atoms with van der Waals surface area (Å²) in [5.74, 6) is 1.75. The maximum atomic E-state index is 5.85. The Morgan fingerprint density at radius 2 is 1.88 bits per heavy atom. The van der Waals surface area contributed by atoms with Crippen molar-refractivity contribution < 1.29 is 4.74 Å². The van der Waals surface area contributed by atoms with E-state index in [0.29, 0.717) is 0 Å². The molecule has 17 heavy (non-hydrogen) atoms. The van der Waals surface area contributed by atoms with Crippen molar-refractivity contribution in [3.05, 3.63) is 29.8 Å². The van der Waals surface area contributed by atoms with Gasteiger partial charge in [-0.05, 0) is 56.0 Å². The molecule has 2 heteroatoms. The second-order valence-corrected chi connectivity index (χ2v) is 4.90. The highest BCUT2D eigenvalue weighted by molar-refractivity contribution is 5.27. The highest BCUT2D eigenvalue weighted by atomic mass is 16.5. The van der Waals surface area contributed by atoms with Gasteiger partial charge >= 0.3 is 0 Å². The summed E-state index contributed by atoms with van der Waals surface area (Å²) >= 11 is 0. The van der Waals surface area contributed by atoms with E-state index in [1.54, 1.807) is 0 Å². The minimum Gasteiger partial charge on any atom is -0.493 e. The van der Waals surface area contributed by atoms with Crippen LogP contribution in [0.5, 0.6) is 5.75 Å². The van der Waals surface area contributed by atoms with Crippen LogP contribution in [-0.4, -0.2) is 19.7 Å². The zero-order valence-electron chi connectivity index (χ0n) is 10.7. The fourth-order valence-corrected chi connectivity index (χ4v) is 2.30. The molecule has 0 aliphatic carbocycles. The van der Waals surface area contributed by atoms with Gasteiger partial charge in [-0.3, -0.25) is 0 Å². The van der Waals surface area contributed by atoms with Crippen LogP contribution in [0.3, 0.4) is 0 Å². The minimum absolute atomic E-state index is 0.728. The van der Waals surface area contributed by atoms with E-state index in [4.69, 9.17) is 4.74 Å². The first-order chi connectivity index (χ1) is 8.38. The molecule has 0 radical (unpaired) electrons. The summed E-state index contributed by atoms with van der Waals surface area (Å²) in [6.07, 6.45) is 4.85. The molecule has 0 atom stereocenters. The Bertz CT molecular complexity index is 314. The molecule has 0 saturated carbocycles. The van der Waals surface area contributed by atoms with Gasteiger partial charge in [-0.25, -0.2) is 0 Å². The van der Waals surface area contributed by atoms with Gasteiger partial charge < -0.3 is 10.1 Å². The number of rotatable bonds is 5. The number of hydrogen-bond donors (Lipinski definition) is 1. The molecule has 2 rings (SSSR count). The first-order valence-electron chi connectivity index (χ1n) is 6.81. The van der Waals surface area contributed by atoms with Crippen LogP contribution >= 0.6 is 0 Å². The lowest BCUT2D eigenvalue weighted by atomic mass is 9.99. The summed E-state index contributed by atoms with van der Waals surface area (Å²) in [4.78, 5) is 0. The predicted octanol–water partition coefficient (Wildman–Crippen LogP) is 3.02. The molecule has 1 N–H and O–H groups in total. The number of aryl methyl sites for hydroxylation is 1. The van der Waals surface area contributed by atoms with Crippen LogP contribution < -0.4 is 10.1 Å². The van der Waals surface area contributed by atoms with Crippen molar-refractivity contribution in [1.82, 2.24) is 5.32 Å². The summed E-state index contributed by atoms with van der Waals surface area (Å²) < 4.78 is 5.85. The predicted molar refractivity (Wildman–Crippen MR) is 71.5 cm³/mol. The molecule has 1 fully saturated rings. The number of benzene rings is 1. The molecule has 1 aliphatic rings. The van der Waals surface area contributed by atoms with Gasteiger partial charge in [0.2, 0.25) is 0 Å². The van der Waals surface area contributed by atoms with Gasteiger partial charge in [-0.1, -0.05) is 25.5 Å². The summed E-state index contributed by atoms with van der Waals surface area (Å²) in [5, 5.41) is 3.38. The maximum absolute atomic E-state index is 5.85. The minimum atomic E-state index is 0.728. The highest BCUT2D eigenvalue weighted by Gasteiger charge is 2.13. The normalized spacial score (nSPS) is 17.0. The van der Waals surface area contributed by atoms with Gasteiger partial charge in [-0.15, -0.1) is 0 Å². The lowest BCUT2D eigenvalue weighted by Gasteiger charge is -2.22. The highest BCUT2D eigenvalue weighted by Crippen LogP contribution is 2.17. The van der Waals surface area contributed by atoms with Gasteiger partial charge in [0.15, 0.2) is 0 Å². The largest absolute Gasteiger partial charge is 0.493 e. The SMILES string of the molecule is CCCc1ccc(OCC2CCNCC2)cc1. The van der Waals surface area contributed by atoms with E-state index in [1.807, 2.05) is 0 Å². The zero-order chi connectivity index (χ0) is 11.9. The van der Waals surface area contributed by atoms with Crippen molar-refractivity contribution in [1.29, 1.82) is 0 Å². The fraction of sp³-hybridized carbons (Fsp3) is 0.600. The lowest BCUT2D eigenvalue weighted by molar-refractivity contribution is 0.215. The molecule has 0 bridgehead atoms. The van der Waals surface area contributed by atoms with Crippen molar-refractivity contribution in [3.8, 4) is 5.75 Å². The number of nitrogens with one attached hydrogen (secondary N) is 1. The molecular formula is C15H23NO. The topological polar surface area (TPSA) is 21.3 Å². The van der Waals surface area contributed by atoms with Gasteiger partial charge in [0.25, 0.3) is 0 Å². The Morgan fingerprint density at radius 3 is 2.53 bits per heavy atom. The molecule has 94 valence electrons. The van der Waals surface area contributed by atoms with E-state index in [1.165, 1.54) is 24.8 Å². The first kappa shape index (κ1) is 12.4. The van der Waals surface area contributed by atoms with Gasteiger partial charge in [-0.2, -0.15) is 0 Å². The number of piperidine rings is 1. The molecule has 2 nitrogen and oxygen atoms in total. The Kier molecular flexibility index (Phi) is 4.87. The standard InChI is InChI=1S/C15H23NO/c1-2-3-13-4-6-15(7-5-13)17-12-14-8-10-16-11-9-14/h4-7,14,16H,2-3,8-12H2,1H3. The molecule has 1 aliphatic heterocycles. The molecule has 0 unspecified atom stereocenters. The second-order valence-electron chi connectivity index (χ2n) is 4.90. The Labute approximate surface area is 104 Å². The molecule has 0 aromatic heterocycles. The maximum Gasteiger partial charge on any atom is 0.119 e. The summed E-state index contributed by atoms with van der Waals surface area (Å²) in [7, 11) is 0. The van der Waals surface area contributed by atoms with Crippen LogP contribution in [-0.2, 0) is 6.42 Å². The van der Waals surface area contributed by atoms with Crippen LogP contribution in [0.25, 0.3) is 0 Å². The van der Waals surface area contributed by atoms with E-state index in [9.17, 15) is 0 Å². The van der Waals surface area contributed by atoms with E-state index in [-0.39, 0.29) is 0 Å². The Balaban J connectivity index is 1.77. The average Bonchev–Trinajstić information content (AvgIpc) is 2.40. The number of ether oxygens (including phenoxy) is 1. The van der Waals surface area contributed by atoms with Crippen molar-refractivity contribution >= 4 is 0 Å². The first-order valence-corrected chi connectivity index (χ1v) is 6.81. The molecule has 1 saturated heterocycles. The monoisotopic (exact) mass is 233 g/mol. The summed E-state index contributed by atoms with van der Waals surface area (Å²) in [6, 6.07) is 8.57. The van der Waals surface area contributed by atoms with Gasteiger partial charge in [0, 0.05) is 0 Å². The number of hydrogen-bond acceptors (Lipinski definition) is 2. The summed E-state index contributed by atoms with van der Waals surface area (Å²) in [5.41, 5.74) is 1.40. The third kappa shape index (κ3) is 4.04. The average molecular weight is 233 g/mol. The van der Waals surface area contributed by atoms with Crippen LogP contribution in [0.4, 0.5) is 0 Å². The van der Waals surface area contributed by atoms with Crippen LogP contribution in [0.2, 0.25) is 0 Å². The van der Waals surface area contributed by atoms with Gasteiger partial charge in [0.1, 0.15) is 5.75 Å². The lowest BCUT2D eigenvalue weighted by Crippen LogP contribution is -2.30. The Hall–Kier alpha value is -1.02. The molecule has 0 spiro atoms. The van der Waals surface area contributed by atoms with Crippen molar-refractivity contribution in [3.63, 3.8) is 0 Å². The smallest absolute Gasteiger partial charge is 0.119 e. The Morgan fingerprint density at radius 1 is 1.18 bits per heavy atom. The van der Waals surface area contributed by atoms with Crippen molar-refractivity contribution in [2.45, 2.75) is 32.6 Å². The van der Waals surface area contributed by atoms with E-state index in [0.717, 1.165) is 37.8 Å². The van der Waals surface area contributed by atoms with Crippen molar-refractivity contribution in [2.24, 2.45) is 5.92 Å². The molecule has 0 amide bonds. The molecule has 1 heterocycles. The summed E-state index contributed by atoms with van der Waals surface area (Å²) in [6.45, 7) is 5.36. The van der Waals surface area contributed by atoms with E-state index >= 15 is 0 Å². The third-order valence-electron chi connectivity index (χ3n) is 3.41. The molecule has 1 aromatic carbocycles. The van der Waals surface area contributed by atoms with E-state index < -0.39 is 0 Å². The van der Waals surface area contributed by atoms with Crippen LogP contribution in [0.1, 0.15) is 31.7 Å². The van der Waals surface area contributed by atoms with E-state index in [2.05, 4.69) is 36.5 Å². The van der Waals surface area contributed by atoms with Crippen molar-refractivity contribution in [2.75, 3.05) is 19.7 Å². The fourth-order valence-electron chi connectivity index (χ4n) is 2.30. The zero-order valence-corrected chi connectivity index (χ0v) is 10.7. The molecular weight excluding hydrogens is 210 g/mol. The van der Waals surface area contributed by atoms with Crippen LogP contribution in [0.15, 0.2) is 24.3 Å².